The predicted molar refractivity (Wildman–Crippen MR) is 429 cm³/mol. The summed E-state index contributed by atoms with van der Waals surface area (Å²) in [5.41, 5.74) is 11.1. The van der Waals surface area contributed by atoms with Gasteiger partial charge in [0.2, 0.25) is 53.4 Å². The molecule has 16 unspecified atom stereocenters. The Kier molecular flexibility index (Phi) is 27.8. The maximum Gasteiger partial charge on any atom is 0.330 e. The minimum atomic E-state index is -2.42. The van der Waals surface area contributed by atoms with Gasteiger partial charge in [-0.15, -0.1) is 0 Å². The number of nitrogens with two attached hydrogens (primary N) is 2. The third kappa shape index (κ3) is 20.3. The number of urea groups is 1. The second kappa shape index (κ2) is 37.9. The number of halogens is 4. The molecule has 2 saturated heterocycles. The molecule has 43 heteroatoms. The molecule has 0 aliphatic carbocycles. The summed E-state index contributed by atoms with van der Waals surface area (Å²) >= 11 is 20.3. The Balaban J connectivity index is 1.03. The van der Waals surface area contributed by atoms with Crippen molar-refractivity contribution in [2.75, 3.05) is 19.0 Å². The van der Waals surface area contributed by atoms with Crippen molar-refractivity contribution in [2.24, 2.45) is 17.4 Å². The van der Waals surface area contributed by atoms with Gasteiger partial charge in [0.15, 0.2) is 23.9 Å². The lowest BCUT2D eigenvalue weighted by molar-refractivity contribution is -0.334. The number of carbonyl (C=O) groups excluding carboxylic acids is 10. The van der Waals surface area contributed by atoms with E-state index >= 15 is 24.0 Å². The number of phenols is 3. The summed E-state index contributed by atoms with van der Waals surface area (Å²) in [6.45, 7) is 5.62. The lowest BCUT2D eigenvalue weighted by Crippen LogP contribution is -2.65. The Morgan fingerprint density at radius 1 is 0.691 bits per heavy atom. The third-order valence-corrected chi connectivity index (χ3v) is 21.9. The average Bonchev–Trinajstić information content (AvgIpc) is 0.760. The van der Waals surface area contributed by atoms with Gasteiger partial charge in [0.1, 0.15) is 101 Å². The molecule has 0 saturated carbocycles. The van der Waals surface area contributed by atoms with Crippen LogP contribution in [0.2, 0.25) is 15.1 Å². The molecule has 18 atom stereocenters. The van der Waals surface area contributed by atoms with Crippen molar-refractivity contribution in [3.05, 3.63) is 175 Å². The first-order valence-electron chi connectivity index (χ1n) is 38.1. The van der Waals surface area contributed by atoms with Crippen molar-refractivity contribution in [2.45, 2.75) is 163 Å². The number of fused-ring (bicyclic) bond motifs is 15. The van der Waals surface area contributed by atoms with Gasteiger partial charge in [-0.25, -0.2) is 14.6 Å². The Hall–Kier alpha value is -11.9. The van der Waals surface area contributed by atoms with Gasteiger partial charge in [-0.05, 0) is 145 Å². The molecule has 1 aromatic heterocycles. The van der Waals surface area contributed by atoms with Crippen molar-refractivity contribution in [3.8, 4) is 57.1 Å². The minimum absolute atomic E-state index is 0.0368. The molecule has 11 bridgehead atoms. The van der Waals surface area contributed by atoms with Crippen LogP contribution in [-0.4, -0.2) is 203 Å². The second-order valence-electron chi connectivity index (χ2n) is 30.3. The Labute approximate surface area is 712 Å². The van der Waals surface area contributed by atoms with Crippen molar-refractivity contribution >= 4 is 99.7 Å². The van der Waals surface area contributed by atoms with Gasteiger partial charge in [0, 0.05) is 47.5 Å². The molecule has 14 rings (SSSR count). The number of hydrazine groups is 1. The van der Waals surface area contributed by atoms with Gasteiger partial charge >= 0.3 is 6.03 Å². The van der Waals surface area contributed by atoms with E-state index < -0.39 is 271 Å². The average molecular weight is 1770 g/mol. The summed E-state index contributed by atoms with van der Waals surface area (Å²) in [5.74, 6) is -17.6. The molecular formula is C80H86Cl3FN14O25. The summed E-state index contributed by atoms with van der Waals surface area (Å²) in [5, 5.41) is 129. The van der Waals surface area contributed by atoms with E-state index in [2.05, 4.69) is 52.8 Å². The number of anilines is 1. The van der Waals surface area contributed by atoms with E-state index in [1.807, 2.05) is 10.9 Å². The monoisotopic (exact) mass is 1770 g/mol. The second-order valence-corrected chi connectivity index (χ2v) is 31.5. The van der Waals surface area contributed by atoms with Crippen molar-refractivity contribution in [3.63, 3.8) is 0 Å². The molecule has 2 fully saturated rings. The highest BCUT2D eigenvalue weighted by molar-refractivity contribution is 6.32. The smallest absolute Gasteiger partial charge is 0.330 e. The molecule has 7 aliphatic rings. The van der Waals surface area contributed by atoms with Gasteiger partial charge < -0.3 is 134 Å². The number of aromatic nitrogens is 1. The van der Waals surface area contributed by atoms with Crippen LogP contribution < -0.4 is 84.4 Å². The number of nitrogens with zero attached hydrogens (tertiary/aromatic N) is 1. The highest BCUT2D eigenvalue weighted by Gasteiger charge is 2.52. The first-order valence-corrected chi connectivity index (χ1v) is 39.2. The van der Waals surface area contributed by atoms with Crippen LogP contribution in [0, 0.1) is 11.7 Å². The summed E-state index contributed by atoms with van der Waals surface area (Å²) in [6.07, 6.45) is -16.9. The Bertz CT molecular complexity index is 5300. The zero-order valence-electron chi connectivity index (χ0n) is 65.6. The number of amides is 11. The lowest BCUT2D eigenvalue weighted by Gasteiger charge is -2.48. The number of aromatic hydroxyl groups is 3. The van der Waals surface area contributed by atoms with Crippen molar-refractivity contribution in [1.82, 2.24) is 58.4 Å². The SMILES string of the molecule is CNC(CC(C)C)C(=O)NC1C(=O)NC(CC(N)=O)C(=O)NC2C(=O)NC3C(=O)NC(C(=O)N[C@@H](C(=O)NNC(N)=O)c4cc(O)cc(O)c4-c4cc3ccc4O)C(O)c3ccc(c(Cl)c3)Oc3cc2cc(c3OC2OC(CO)C(O)C(O)C2OC2C[C@@](C)(NCc3cncc(NC(=O)c4ccc(F)c(Cl)c4)c3)C(O)C(C)O2)Oc2ccc(cc2Cl)C1O. The minimum Gasteiger partial charge on any atom is -0.508 e. The van der Waals surface area contributed by atoms with Crippen LogP contribution in [0.5, 0.6) is 46.0 Å². The van der Waals surface area contributed by atoms with Gasteiger partial charge in [-0.2, -0.15) is 0 Å². The first kappa shape index (κ1) is 90.4. The van der Waals surface area contributed by atoms with Gasteiger partial charge in [0.25, 0.3) is 11.8 Å². The number of aliphatic hydroxyl groups excluding tert-OH is 6. The van der Waals surface area contributed by atoms with Crippen LogP contribution in [0.15, 0.2) is 116 Å². The highest BCUT2D eigenvalue weighted by atomic mass is 35.5. The molecule has 654 valence electrons. The van der Waals surface area contributed by atoms with Crippen LogP contribution in [0.3, 0.4) is 0 Å². The van der Waals surface area contributed by atoms with E-state index in [0.717, 1.165) is 78.9 Å². The Morgan fingerprint density at radius 2 is 1.34 bits per heavy atom. The van der Waals surface area contributed by atoms with Crippen LogP contribution in [0.1, 0.15) is 121 Å². The van der Waals surface area contributed by atoms with Crippen molar-refractivity contribution in [1.29, 1.82) is 0 Å². The van der Waals surface area contributed by atoms with Crippen LogP contribution in [0.4, 0.5) is 14.9 Å². The number of hydrogen-bond donors (Lipinski definition) is 22. The molecule has 0 radical (unpaired) electrons. The number of likely N-dealkylation sites (N-methyl/N-ethyl adjacent to an activating group) is 1. The number of hydrogen-bond acceptors (Lipinski definition) is 28. The summed E-state index contributed by atoms with van der Waals surface area (Å²) in [7, 11) is 1.46. The number of benzene rings is 6. The maximum absolute atomic E-state index is 16.3. The molecule has 123 heavy (non-hydrogen) atoms. The molecule has 11 amide bonds. The molecule has 7 aromatic rings. The van der Waals surface area contributed by atoms with E-state index in [1.54, 1.807) is 26.8 Å². The molecule has 39 nitrogen and oxygen atoms in total. The molecule has 8 heterocycles. The summed E-state index contributed by atoms with van der Waals surface area (Å²) < 4.78 is 53.4. The fourth-order valence-corrected chi connectivity index (χ4v) is 15.3. The fraction of sp³-hybridized carbons (Fsp3) is 0.362. The van der Waals surface area contributed by atoms with Gasteiger partial charge in [-0.1, -0.05) is 66.8 Å². The first-order chi connectivity index (χ1) is 58.3. The zero-order valence-corrected chi connectivity index (χ0v) is 67.8. The van der Waals surface area contributed by atoms with Crippen LogP contribution in [0.25, 0.3) is 11.1 Å². The summed E-state index contributed by atoms with van der Waals surface area (Å²) in [6, 6.07) is 2.43. The van der Waals surface area contributed by atoms with E-state index in [1.165, 1.54) is 44.6 Å². The van der Waals surface area contributed by atoms with E-state index in [4.69, 9.17) is 74.7 Å². The lowest BCUT2D eigenvalue weighted by atomic mass is 9.84. The number of phenolic OH excluding ortho intramolecular Hbond substituents is 3. The van der Waals surface area contributed by atoms with E-state index in [9.17, 15) is 74.3 Å². The molecule has 7 aliphatic heterocycles. The van der Waals surface area contributed by atoms with Gasteiger partial charge in [0.05, 0.1) is 58.2 Å². The summed E-state index contributed by atoms with van der Waals surface area (Å²) in [4.78, 5) is 149. The fourth-order valence-electron chi connectivity index (χ4n) is 14.6. The van der Waals surface area contributed by atoms with Crippen LogP contribution >= 0.6 is 34.8 Å². The Morgan fingerprint density at radius 3 is 1.98 bits per heavy atom. The highest BCUT2D eigenvalue weighted by Crippen LogP contribution is 2.50. The molecule has 24 N–H and O–H groups in total. The van der Waals surface area contributed by atoms with E-state index in [-0.39, 0.29) is 52.7 Å². The topological polar surface area (TPSA) is 605 Å². The predicted octanol–water partition coefficient (Wildman–Crippen LogP) is 1.99. The number of pyridine rings is 1. The quantitative estimate of drug-likeness (QED) is 0.0546. The molecule has 6 aromatic carbocycles. The number of nitrogens with one attached hydrogen (secondary N) is 11. The molecular weight excluding hydrogens is 1680 g/mol. The molecule has 0 spiro atoms. The third-order valence-electron chi connectivity index (χ3n) is 21.0. The normalized spacial score (nSPS) is 26.1. The van der Waals surface area contributed by atoms with Gasteiger partial charge in [-0.3, -0.25) is 53.6 Å². The standard InChI is InChI=1S/C80H86Cl3FN14O25/c1-30(2)14-46(87-5)71(110)95-61-63(104)34-8-12-50(43(82)17-34)119-52-20-37-21-53(67(52)123-78-68(66(107)65(106)54(29-99)121-78)122-56-25-80(4,69(108)31(3)118-56)89-27-32-15-38(28-88-26-32)90-70(109)36-6-10-45(84)42(81)19-36)120-51-13-9-35(18-44(51)83)64(105)62-76(115)94-60(77(116)97-98-79(86)117)41-22-39(100)23-49(102)57(41)40-16-33(7-11-48(40)101)58(73(112)96-62)93-74(113)59(37)92-72(111)47(24-55(85)103)91-75(61)114/h6-13,15-23,26,28,30-31,46-47,54,56,58-66,68-69,78,87,89,99-102,104-108H,14,24-25,27,29H2,1-5H3,(H2,85,103)(H,90,109)(H,91,114)(H,92,111)(H,93,113)(H,94,115)(H,95,110)(H,96,112)(H,97,116)(H3,86,98,117)/t31?,46?,47?,54?,56?,58?,59?,60-,61?,62?,63?,64?,65?,66?,68?,69?,78?,80-/m1/s1. The zero-order chi connectivity index (χ0) is 89.1. The largest absolute Gasteiger partial charge is 0.508 e. The number of aliphatic hydroxyl groups is 6. The number of primary amides is 2. The number of carbonyl (C=O) groups is 10. The number of ether oxygens (including phenoxy) is 6. The van der Waals surface area contributed by atoms with Crippen LogP contribution in [-0.2, 0) is 59.1 Å². The van der Waals surface area contributed by atoms with Crippen molar-refractivity contribution < 1.29 is 127 Å². The maximum atomic E-state index is 16.3. The van der Waals surface area contributed by atoms with E-state index in [0.29, 0.717) is 5.56 Å². The number of rotatable bonds is 18.